The summed E-state index contributed by atoms with van der Waals surface area (Å²) in [5.41, 5.74) is 4.32. The van der Waals surface area contributed by atoms with Crippen LogP contribution in [0.25, 0.3) is 22.9 Å². The minimum atomic E-state index is 1.05. The molecule has 1 N–H and O–H groups in total. The summed E-state index contributed by atoms with van der Waals surface area (Å²) in [4.78, 5) is 0. The van der Waals surface area contributed by atoms with Crippen LogP contribution < -0.4 is 5.32 Å². The number of nitrogens with one attached hydrogen (secondary N) is 1. The smallest absolute Gasteiger partial charge is 0.0463 e. The Bertz CT molecular complexity index is 810. The maximum atomic E-state index is 3.86. The molecule has 102 valence electrons. The van der Waals surface area contributed by atoms with Gasteiger partial charge in [-0.05, 0) is 34.7 Å². The van der Waals surface area contributed by atoms with Crippen LogP contribution in [0.15, 0.2) is 73.8 Å². The molecule has 3 rings (SSSR count). The molecule has 0 aliphatic rings. The zero-order valence-electron chi connectivity index (χ0n) is 11.8. The SMILES string of the molecule is C=Cc1ccc(Nc2cccc3ccccc23)cc1C=C. The lowest BCUT2D eigenvalue weighted by Crippen LogP contribution is -1.93. The van der Waals surface area contributed by atoms with Crippen molar-refractivity contribution in [3.63, 3.8) is 0 Å². The van der Waals surface area contributed by atoms with Crippen molar-refractivity contribution in [3.8, 4) is 0 Å². The van der Waals surface area contributed by atoms with Crippen LogP contribution in [-0.4, -0.2) is 0 Å². The van der Waals surface area contributed by atoms with Crippen molar-refractivity contribution in [2.24, 2.45) is 0 Å². The summed E-state index contributed by atoms with van der Waals surface area (Å²) in [6.45, 7) is 7.69. The molecule has 0 heterocycles. The lowest BCUT2D eigenvalue weighted by molar-refractivity contribution is 1.54. The third-order valence-electron chi connectivity index (χ3n) is 3.60. The Morgan fingerprint density at radius 3 is 2.33 bits per heavy atom. The maximum absolute atomic E-state index is 3.86. The molecule has 0 spiro atoms. The van der Waals surface area contributed by atoms with Crippen molar-refractivity contribution in [1.29, 1.82) is 0 Å². The second-order valence-corrected chi connectivity index (χ2v) is 4.90. The second kappa shape index (κ2) is 5.68. The van der Waals surface area contributed by atoms with Gasteiger partial charge in [-0.2, -0.15) is 0 Å². The summed E-state index contributed by atoms with van der Waals surface area (Å²) in [6.07, 6.45) is 3.70. The first-order valence-corrected chi connectivity index (χ1v) is 6.95. The predicted molar refractivity (Wildman–Crippen MR) is 93.9 cm³/mol. The molecule has 0 aliphatic carbocycles. The highest BCUT2D eigenvalue weighted by Gasteiger charge is 2.02. The molecule has 0 fully saturated rings. The first-order chi connectivity index (χ1) is 10.3. The van der Waals surface area contributed by atoms with Crippen LogP contribution in [0.2, 0.25) is 0 Å². The maximum Gasteiger partial charge on any atom is 0.0463 e. The van der Waals surface area contributed by atoms with Crippen LogP contribution >= 0.6 is 0 Å². The van der Waals surface area contributed by atoms with Gasteiger partial charge in [0, 0.05) is 16.8 Å². The minimum absolute atomic E-state index is 1.05. The Balaban J connectivity index is 2.02. The molecule has 1 heteroatoms. The summed E-state index contributed by atoms with van der Waals surface area (Å²) >= 11 is 0. The van der Waals surface area contributed by atoms with E-state index in [1.165, 1.54) is 10.8 Å². The quantitative estimate of drug-likeness (QED) is 0.625. The molecule has 1 nitrogen and oxygen atoms in total. The molecule has 0 aromatic heterocycles. The summed E-state index contributed by atoms with van der Waals surface area (Å²) in [6, 6.07) is 20.9. The van der Waals surface area contributed by atoms with Gasteiger partial charge in [0.25, 0.3) is 0 Å². The fourth-order valence-electron chi connectivity index (χ4n) is 2.51. The third-order valence-corrected chi connectivity index (χ3v) is 3.60. The van der Waals surface area contributed by atoms with Crippen molar-refractivity contribution < 1.29 is 0 Å². The molecule has 0 radical (unpaired) electrons. The van der Waals surface area contributed by atoms with E-state index in [9.17, 15) is 0 Å². The molecule has 0 amide bonds. The number of benzene rings is 3. The van der Waals surface area contributed by atoms with Crippen LogP contribution in [0, 0.1) is 0 Å². The molecule has 3 aromatic rings. The normalized spacial score (nSPS) is 10.3. The van der Waals surface area contributed by atoms with Gasteiger partial charge in [-0.25, -0.2) is 0 Å². The van der Waals surface area contributed by atoms with E-state index < -0.39 is 0 Å². The Labute approximate surface area is 125 Å². The molecule has 21 heavy (non-hydrogen) atoms. The Hall–Kier alpha value is -2.80. The monoisotopic (exact) mass is 271 g/mol. The van der Waals surface area contributed by atoms with E-state index in [1.54, 1.807) is 0 Å². The van der Waals surface area contributed by atoms with Gasteiger partial charge in [0.05, 0.1) is 0 Å². The summed E-state index contributed by atoms with van der Waals surface area (Å²) in [5, 5.41) is 5.94. The van der Waals surface area contributed by atoms with Crippen molar-refractivity contribution in [2.45, 2.75) is 0 Å². The number of hydrogen-bond acceptors (Lipinski definition) is 1. The lowest BCUT2D eigenvalue weighted by atomic mass is 10.1. The average Bonchev–Trinajstić information content (AvgIpc) is 2.55. The van der Waals surface area contributed by atoms with E-state index in [0.29, 0.717) is 0 Å². The van der Waals surface area contributed by atoms with Crippen molar-refractivity contribution >= 4 is 34.3 Å². The number of rotatable bonds is 4. The van der Waals surface area contributed by atoms with E-state index in [4.69, 9.17) is 0 Å². The van der Waals surface area contributed by atoms with E-state index >= 15 is 0 Å². The van der Waals surface area contributed by atoms with E-state index in [1.807, 2.05) is 12.2 Å². The molecule has 3 aromatic carbocycles. The standard InChI is InChI=1S/C20H17N/c1-3-15-12-13-18(14-16(15)4-2)21-20-11-7-9-17-8-5-6-10-19(17)20/h3-14,21H,1-2H2. The fourth-order valence-corrected chi connectivity index (χ4v) is 2.51. The molecule has 0 unspecified atom stereocenters. The van der Waals surface area contributed by atoms with E-state index in [0.717, 1.165) is 22.5 Å². The topological polar surface area (TPSA) is 12.0 Å². The zero-order valence-corrected chi connectivity index (χ0v) is 11.8. The van der Waals surface area contributed by atoms with Crippen molar-refractivity contribution in [3.05, 3.63) is 84.9 Å². The molecular weight excluding hydrogens is 254 g/mol. The van der Waals surface area contributed by atoms with Gasteiger partial charge >= 0.3 is 0 Å². The molecular formula is C20H17N. The molecule has 0 atom stereocenters. The number of anilines is 2. The first-order valence-electron chi connectivity index (χ1n) is 6.95. The largest absolute Gasteiger partial charge is 0.355 e. The molecule has 0 bridgehead atoms. The van der Waals surface area contributed by atoms with Gasteiger partial charge in [0.15, 0.2) is 0 Å². The summed E-state index contributed by atoms with van der Waals surface area (Å²) in [5.74, 6) is 0. The van der Waals surface area contributed by atoms with Crippen LogP contribution in [0.4, 0.5) is 11.4 Å². The zero-order chi connectivity index (χ0) is 14.7. The summed E-state index contributed by atoms with van der Waals surface area (Å²) in [7, 11) is 0. The van der Waals surface area contributed by atoms with Crippen LogP contribution in [0.1, 0.15) is 11.1 Å². The predicted octanol–water partition coefficient (Wildman–Crippen LogP) is 5.87. The van der Waals surface area contributed by atoms with Gasteiger partial charge < -0.3 is 5.32 Å². The number of hydrogen-bond donors (Lipinski definition) is 1. The van der Waals surface area contributed by atoms with Crippen molar-refractivity contribution in [1.82, 2.24) is 0 Å². The van der Waals surface area contributed by atoms with E-state index in [2.05, 4.69) is 79.1 Å². The van der Waals surface area contributed by atoms with Crippen molar-refractivity contribution in [2.75, 3.05) is 5.32 Å². The highest BCUT2D eigenvalue weighted by molar-refractivity contribution is 5.95. The van der Waals surface area contributed by atoms with Gasteiger partial charge in [-0.3, -0.25) is 0 Å². The van der Waals surface area contributed by atoms with Crippen LogP contribution in [0.3, 0.4) is 0 Å². The lowest BCUT2D eigenvalue weighted by Gasteiger charge is -2.11. The Morgan fingerprint density at radius 2 is 1.52 bits per heavy atom. The third kappa shape index (κ3) is 2.59. The Kier molecular flexibility index (Phi) is 3.57. The average molecular weight is 271 g/mol. The molecule has 0 saturated carbocycles. The van der Waals surface area contributed by atoms with Gasteiger partial charge in [-0.15, -0.1) is 0 Å². The number of fused-ring (bicyclic) bond motifs is 1. The van der Waals surface area contributed by atoms with Gasteiger partial charge in [0.2, 0.25) is 0 Å². The van der Waals surface area contributed by atoms with E-state index in [-0.39, 0.29) is 0 Å². The van der Waals surface area contributed by atoms with Gasteiger partial charge in [-0.1, -0.05) is 67.8 Å². The van der Waals surface area contributed by atoms with Gasteiger partial charge in [0.1, 0.15) is 0 Å². The second-order valence-electron chi connectivity index (χ2n) is 4.90. The molecule has 0 aliphatic heterocycles. The minimum Gasteiger partial charge on any atom is -0.355 e. The fraction of sp³-hybridized carbons (Fsp3) is 0. The first kappa shape index (κ1) is 13.2. The van der Waals surface area contributed by atoms with Crippen LogP contribution in [0.5, 0.6) is 0 Å². The highest BCUT2D eigenvalue weighted by Crippen LogP contribution is 2.27. The Morgan fingerprint density at radius 1 is 0.762 bits per heavy atom. The van der Waals surface area contributed by atoms with Crippen LogP contribution in [-0.2, 0) is 0 Å². The highest BCUT2D eigenvalue weighted by atomic mass is 14.9. The molecule has 0 saturated heterocycles. The summed E-state index contributed by atoms with van der Waals surface area (Å²) < 4.78 is 0.